The molecule has 3 rings (SSSR count). The first-order chi connectivity index (χ1) is 13.4. The lowest BCUT2D eigenvalue weighted by Crippen LogP contribution is -3.14. The molecule has 0 spiro atoms. The van der Waals surface area contributed by atoms with Crippen LogP contribution in [0.25, 0.3) is 10.8 Å². The minimum Gasteiger partial charge on any atom is -0.321 e. The second-order valence-corrected chi connectivity index (χ2v) is 6.85. The summed E-state index contributed by atoms with van der Waals surface area (Å²) in [5.41, 5.74) is 1.11. The molecule has 2 atom stereocenters. The second kappa shape index (κ2) is 8.63. The number of anilines is 2. The number of hydrogen-bond donors (Lipinski definition) is 3. The Balaban J connectivity index is 1.57. The van der Waals surface area contributed by atoms with E-state index in [1.807, 2.05) is 42.5 Å². The van der Waals surface area contributed by atoms with Crippen LogP contribution in [0.5, 0.6) is 0 Å². The van der Waals surface area contributed by atoms with Gasteiger partial charge in [0.1, 0.15) is 5.82 Å². The molecular formula is C22H23FN3O2+. The molecule has 6 heteroatoms. The van der Waals surface area contributed by atoms with Crippen molar-refractivity contribution in [2.24, 2.45) is 0 Å². The zero-order valence-corrected chi connectivity index (χ0v) is 15.8. The normalized spacial score (nSPS) is 13.0. The van der Waals surface area contributed by atoms with E-state index in [4.69, 9.17) is 0 Å². The fourth-order valence-corrected chi connectivity index (χ4v) is 2.92. The summed E-state index contributed by atoms with van der Waals surface area (Å²) in [6.07, 6.45) is 0. The maximum atomic E-state index is 13.2. The first-order valence-corrected chi connectivity index (χ1v) is 9.10. The molecule has 3 aromatic carbocycles. The maximum absolute atomic E-state index is 13.2. The lowest BCUT2D eigenvalue weighted by Gasteiger charge is -2.20. The Morgan fingerprint density at radius 1 is 0.929 bits per heavy atom. The fourth-order valence-electron chi connectivity index (χ4n) is 2.92. The summed E-state index contributed by atoms with van der Waals surface area (Å²) >= 11 is 0. The number of fused-ring (bicyclic) bond motifs is 1. The molecule has 144 valence electrons. The highest BCUT2D eigenvalue weighted by Crippen LogP contribution is 2.18. The van der Waals surface area contributed by atoms with E-state index in [0.717, 1.165) is 15.7 Å². The lowest BCUT2D eigenvalue weighted by atomic mass is 10.1. The predicted molar refractivity (Wildman–Crippen MR) is 109 cm³/mol. The van der Waals surface area contributed by atoms with E-state index < -0.39 is 11.9 Å². The molecule has 5 nitrogen and oxygen atoms in total. The zero-order valence-electron chi connectivity index (χ0n) is 15.8. The molecule has 0 saturated heterocycles. The van der Waals surface area contributed by atoms with E-state index >= 15 is 0 Å². The van der Waals surface area contributed by atoms with Crippen molar-refractivity contribution in [3.05, 3.63) is 72.5 Å². The zero-order chi connectivity index (χ0) is 20.1. The average Bonchev–Trinajstić information content (AvgIpc) is 2.67. The molecule has 0 radical (unpaired) electrons. The molecule has 0 saturated carbocycles. The van der Waals surface area contributed by atoms with Crippen molar-refractivity contribution in [1.29, 1.82) is 0 Å². The second-order valence-electron chi connectivity index (χ2n) is 6.85. The molecule has 28 heavy (non-hydrogen) atoms. The Bertz CT molecular complexity index is 1010. The monoisotopic (exact) mass is 380 g/mol. The van der Waals surface area contributed by atoms with Crippen LogP contribution < -0.4 is 15.5 Å². The summed E-state index contributed by atoms with van der Waals surface area (Å²) in [7, 11) is 1.77. The number of carbonyl (C=O) groups excluding carboxylic acids is 2. The van der Waals surface area contributed by atoms with E-state index in [2.05, 4.69) is 10.6 Å². The van der Waals surface area contributed by atoms with Gasteiger partial charge >= 0.3 is 0 Å². The van der Waals surface area contributed by atoms with Crippen LogP contribution in [0.1, 0.15) is 6.92 Å². The fraction of sp³-hybridized carbons (Fsp3) is 0.182. The van der Waals surface area contributed by atoms with Gasteiger partial charge in [0.15, 0.2) is 12.6 Å². The minimum absolute atomic E-state index is 0.0861. The molecule has 0 bridgehead atoms. The molecule has 0 aromatic heterocycles. The molecule has 0 aliphatic heterocycles. The van der Waals surface area contributed by atoms with Crippen molar-refractivity contribution in [3.8, 4) is 0 Å². The standard InChI is InChI=1S/C22H22FN3O2/c1-15(26(2)14-21(27)24-19-9-5-8-18(23)13-19)22(28)25-20-11-10-16-6-3-4-7-17(16)12-20/h3-13,15H,14H2,1-2H3,(H,24,27)(H,25,28)/p+1/t15-/m1/s1. The van der Waals surface area contributed by atoms with Gasteiger partial charge in [-0.05, 0) is 48.0 Å². The van der Waals surface area contributed by atoms with Crippen LogP contribution in [-0.4, -0.2) is 31.4 Å². The Morgan fingerprint density at radius 2 is 1.64 bits per heavy atom. The maximum Gasteiger partial charge on any atom is 0.282 e. The van der Waals surface area contributed by atoms with Gasteiger partial charge in [0, 0.05) is 11.4 Å². The van der Waals surface area contributed by atoms with Crippen molar-refractivity contribution in [1.82, 2.24) is 0 Å². The van der Waals surface area contributed by atoms with Gasteiger partial charge in [-0.3, -0.25) is 9.59 Å². The van der Waals surface area contributed by atoms with E-state index in [1.54, 1.807) is 20.0 Å². The summed E-state index contributed by atoms with van der Waals surface area (Å²) < 4.78 is 13.2. The highest BCUT2D eigenvalue weighted by atomic mass is 19.1. The minimum atomic E-state index is -0.440. The third kappa shape index (κ3) is 4.92. The molecule has 0 heterocycles. The third-order valence-corrected chi connectivity index (χ3v) is 4.70. The highest BCUT2D eigenvalue weighted by Gasteiger charge is 2.24. The summed E-state index contributed by atoms with van der Waals surface area (Å²) in [5, 5.41) is 7.70. The first kappa shape index (κ1) is 19.5. The molecule has 2 amide bonds. The summed E-state index contributed by atoms with van der Waals surface area (Å²) in [5.74, 6) is -0.874. The molecule has 3 aromatic rings. The van der Waals surface area contributed by atoms with E-state index in [9.17, 15) is 14.0 Å². The summed E-state index contributed by atoms with van der Waals surface area (Å²) in [4.78, 5) is 25.5. The summed E-state index contributed by atoms with van der Waals surface area (Å²) in [6, 6.07) is 18.9. The van der Waals surface area contributed by atoms with Gasteiger partial charge in [-0.2, -0.15) is 0 Å². The number of hydrogen-bond acceptors (Lipinski definition) is 2. The number of quaternary nitrogens is 1. The lowest BCUT2D eigenvalue weighted by molar-refractivity contribution is -0.885. The SMILES string of the molecule is C[C@H](C(=O)Nc1ccc2ccccc2c1)[NH+](C)CC(=O)Nc1cccc(F)c1. The van der Waals surface area contributed by atoms with Gasteiger partial charge in [0.25, 0.3) is 11.8 Å². The van der Waals surface area contributed by atoms with Gasteiger partial charge in [-0.15, -0.1) is 0 Å². The Morgan fingerprint density at radius 3 is 2.39 bits per heavy atom. The van der Waals surface area contributed by atoms with Crippen molar-refractivity contribution < 1.29 is 18.9 Å². The van der Waals surface area contributed by atoms with Crippen LogP contribution in [0.3, 0.4) is 0 Å². The quantitative estimate of drug-likeness (QED) is 0.615. The van der Waals surface area contributed by atoms with Crippen LogP contribution in [0.15, 0.2) is 66.7 Å². The van der Waals surface area contributed by atoms with Crippen molar-refractivity contribution in [3.63, 3.8) is 0 Å². The van der Waals surface area contributed by atoms with E-state index in [-0.39, 0.29) is 18.4 Å². The van der Waals surface area contributed by atoms with Crippen molar-refractivity contribution in [2.75, 3.05) is 24.2 Å². The average molecular weight is 380 g/mol. The number of benzene rings is 3. The van der Waals surface area contributed by atoms with E-state index in [1.165, 1.54) is 18.2 Å². The smallest absolute Gasteiger partial charge is 0.282 e. The van der Waals surface area contributed by atoms with Gasteiger partial charge in [0.2, 0.25) is 0 Å². The van der Waals surface area contributed by atoms with Crippen LogP contribution in [0.2, 0.25) is 0 Å². The number of amides is 2. The Hall–Kier alpha value is -3.25. The first-order valence-electron chi connectivity index (χ1n) is 9.10. The molecular weight excluding hydrogens is 357 g/mol. The highest BCUT2D eigenvalue weighted by molar-refractivity contribution is 5.96. The number of carbonyl (C=O) groups is 2. The van der Waals surface area contributed by atoms with Gasteiger partial charge in [0.05, 0.1) is 7.05 Å². The molecule has 1 unspecified atom stereocenters. The Labute approximate surface area is 163 Å². The third-order valence-electron chi connectivity index (χ3n) is 4.70. The van der Waals surface area contributed by atoms with Gasteiger partial charge in [-0.25, -0.2) is 4.39 Å². The van der Waals surface area contributed by atoms with Gasteiger partial charge < -0.3 is 15.5 Å². The van der Waals surface area contributed by atoms with Crippen molar-refractivity contribution >= 4 is 34.0 Å². The predicted octanol–water partition coefficient (Wildman–Crippen LogP) is 2.46. The molecule has 0 fully saturated rings. The number of likely N-dealkylation sites (N-methyl/N-ethyl adjacent to an activating group) is 1. The molecule has 3 N–H and O–H groups in total. The topological polar surface area (TPSA) is 62.6 Å². The van der Waals surface area contributed by atoms with Crippen molar-refractivity contribution in [2.45, 2.75) is 13.0 Å². The summed E-state index contributed by atoms with van der Waals surface area (Å²) in [6.45, 7) is 1.85. The number of nitrogens with one attached hydrogen (secondary N) is 3. The molecule has 0 aliphatic rings. The number of halogens is 1. The van der Waals surface area contributed by atoms with Crippen LogP contribution >= 0.6 is 0 Å². The Kier molecular flexibility index (Phi) is 6.01. The number of rotatable bonds is 6. The van der Waals surface area contributed by atoms with Crippen LogP contribution in [-0.2, 0) is 9.59 Å². The van der Waals surface area contributed by atoms with Crippen LogP contribution in [0, 0.1) is 5.82 Å². The largest absolute Gasteiger partial charge is 0.321 e. The van der Waals surface area contributed by atoms with Gasteiger partial charge in [-0.1, -0.05) is 36.4 Å². The molecule has 0 aliphatic carbocycles. The van der Waals surface area contributed by atoms with E-state index in [0.29, 0.717) is 11.4 Å². The van der Waals surface area contributed by atoms with Crippen LogP contribution in [0.4, 0.5) is 15.8 Å².